The van der Waals surface area contributed by atoms with Gasteiger partial charge in [-0.3, -0.25) is 0 Å². The van der Waals surface area contributed by atoms with Crippen LogP contribution in [-0.2, 0) is 6.42 Å². The Labute approximate surface area is 120 Å². The lowest BCUT2D eigenvalue weighted by Gasteiger charge is -2.30. The van der Waals surface area contributed by atoms with E-state index in [9.17, 15) is 0 Å². The first-order valence-corrected chi connectivity index (χ1v) is 6.95. The summed E-state index contributed by atoms with van der Waals surface area (Å²) in [6.45, 7) is 0.849. The molecule has 1 atom stereocenters. The van der Waals surface area contributed by atoms with Crippen molar-refractivity contribution in [2.24, 2.45) is 0 Å². The van der Waals surface area contributed by atoms with Gasteiger partial charge in [0, 0.05) is 12.5 Å². The third kappa shape index (κ3) is 2.42. The predicted molar refractivity (Wildman–Crippen MR) is 77.7 cm³/mol. The van der Waals surface area contributed by atoms with Crippen molar-refractivity contribution in [2.75, 3.05) is 19.0 Å². The summed E-state index contributed by atoms with van der Waals surface area (Å²) < 4.78 is 5.91. The second-order valence-electron chi connectivity index (χ2n) is 4.53. The molecule has 98 valence electrons. The highest BCUT2D eigenvalue weighted by Crippen LogP contribution is 2.34. The Morgan fingerprint density at radius 1 is 1.42 bits per heavy atom. The fourth-order valence-corrected chi connectivity index (χ4v) is 2.69. The number of hydrogen-bond donors (Lipinski definition) is 1. The third-order valence-corrected chi connectivity index (χ3v) is 3.92. The minimum atomic E-state index is 0.548. The van der Waals surface area contributed by atoms with Gasteiger partial charge in [-0.1, -0.05) is 24.3 Å². The van der Waals surface area contributed by atoms with E-state index in [1.54, 1.807) is 13.3 Å². The number of rotatable bonds is 4. The molecule has 3 rings (SSSR count). The van der Waals surface area contributed by atoms with E-state index < -0.39 is 0 Å². The minimum absolute atomic E-state index is 0.548. The number of fused-ring (bicyclic) bond motifs is 1. The lowest BCUT2D eigenvalue weighted by atomic mass is 9.78. The first-order valence-electron chi connectivity index (χ1n) is 6.16. The van der Waals surface area contributed by atoms with E-state index in [1.807, 2.05) is 0 Å². The molecule has 0 saturated carbocycles. The van der Waals surface area contributed by atoms with Crippen molar-refractivity contribution in [1.82, 2.24) is 9.97 Å². The van der Waals surface area contributed by atoms with Crippen LogP contribution in [-0.4, -0.2) is 23.6 Å². The average molecular weight is 320 g/mol. The zero-order valence-electron chi connectivity index (χ0n) is 10.6. The molecule has 1 aliphatic rings. The van der Waals surface area contributed by atoms with Gasteiger partial charge in [-0.15, -0.1) is 0 Å². The normalized spacial score (nSPS) is 16.4. The molecule has 0 bridgehead atoms. The molecule has 1 aromatic carbocycles. The van der Waals surface area contributed by atoms with Gasteiger partial charge in [0.05, 0.1) is 17.8 Å². The van der Waals surface area contributed by atoms with E-state index in [-0.39, 0.29) is 0 Å². The summed E-state index contributed by atoms with van der Waals surface area (Å²) in [5, 5.41) is 3.27. The van der Waals surface area contributed by atoms with Crippen LogP contribution in [0.1, 0.15) is 17.0 Å². The zero-order chi connectivity index (χ0) is 13.2. The predicted octanol–water partition coefficient (Wildman–Crippen LogP) is 3.00. The molecule has 1 aromatic heterocycles. The zero-order valence-corrected chi connectivity index (χ0v) is 12.1. The van der Waals surface area contributed by atoms with Crippen molar-refractivity contribution >= 4 is 21.9 Å². The molecule has 1 heterocycles. The molecule has 0 fully saturated rings. The summed E-state index contributed by atoms with van der Waals surface area (Å²) in [6.07, 6.45) is 2.82. The quantitative estimate of drug-likeness (QED) is 0.941. The van der Waals surface area contributed by atoms with Crippen LogP contribution in [0.4, 0.5) is 5.95 Å². The van der Waals surface area contributed by atoms with E-state index in [0.717, 1.165) is 17.4 Å². The van der Waals surface area contributed by atoms with Crippen LogP contribution in [0, 0.1) is 0 Å². The van der Waals surface area contributed by atoms with Gasteiger partial charge in [0.2, 0.25) is 11.8 Å². The second-order valence-corrected chi connectivity index (χ2v) is 5.39. The summed E-state index contributed by atoms with van der Waals surface area (Å²) in [4.78, 5) is 8.51. The van der Waals surface area contributed by atoms with Crippen LogP contribution in [0.15, 0.2) is 34.9 Å². The summed E-state index contributed by atoms with van der Waals surface area (Å²) in [6, 6.07) is 8.55. The largest absolute Gasteiger partial charge is 0.480 e. The number of nitrogens with one attached hydrogen (secondary N) is 1. The maximum atomic E-state index is 5.15. The standard InChI is InChI=1S/C14H14BrN3O/c1-19-13-12(15)8-17-14(18-13)16-7-10-6-9-4-2-3-5-11(9)10/h2-5,8,10H,6-7H2,1H3,(H,16,17,18). The fraction of sp³-hybridized carbons (Fsp3) is 0.286. The average Bonchev–Trinajstić information content (AvgIpc) is 2.41. The van der Waals surface area contributed by atoms with Crippen LogP contribution in [0.3, 0.4) is 0 Å². The third-order valence-electron chi connectivity index (χ3n) is 3.37. The number of benzene rings is 1. The van der Waals surface area contributed by atoms with E-state index in [4.69, 9.17) is 4.74 Å². The molecule has 19 heavy (non-hydrogen) atoms. The second kappa shape index (κ2) is 5.17. The van der Waals surface area contributed by atoms with Gasteiger partial charge in [0.25, 0.3) is 0 Å². The SMILES string of the molecule is COc1nc(NCC2Cc3ccccc32)ncc1Br. The number of ether oxygens (including phenoxy) is 1. The van der Waals surface area contributed by atoms with Gasteiger partial charge in [0.15, 0.2) is 0 Å². The van der Waals surface area contributed by atoms with Crippen LogP contribution >= 0.6 is 15.9 Å². The highest BCUT2D eigenvalue weighted by atomic mass is 79.9. The molecular formula is C14H14BrN3O. The molecule has 0 aliphatic heterocycles. The summed E-state index contributed by atoms with van der Waals surface area (Å²) in [5.41, 5.74) is 2.88. The van der Waals surface area contributed by atoms with Gasteiger partial charge in [-0.2, -0.15) is 4.98 Å². The van der Waals surface area contributed by atoms with E-state index in [0.29, 0.717) is 17.7 Å². The van der Waals surface area contributed by atoms with Crippen LogP contribution in [0.2, 0.25) is 0 Å². The fourth-order valence-electron chi connectivity index (χ4n) is 2.34. The van der Waals surface area contributed by atoms with Crippen LogP contribution < -0.4 is 10.1 Å². The Kier molecular flexibility index (Phi) is 3.38. The van der Waals surface area contributed by atoms with Crippen molar-refractivity contribution in [1.29, 1.82) is 0 Å². The first-order chi connectivity index (χ1) is 9.28. The topological polar surface area (TPSA) is 47.0 Å². The van der Waals surface area contributed by atoms with Gasteiger partial charge in [-0.05, 0) is 33.5 Å². The molecule has 5 heteroatoms. The van der Waals surface area contributed by atoms with Crippen molar-refractivity contribution < 1.29 is 4.74 Å². The number of anilines is 1. The first kappa shape index (κ1) is 12.4. The number of nitrogens with zero attached hydrogens (tertiary/aromatic N) is 2. The van der Waals surface area contributed by atoms with Crippen molar-refractivity contribution in [3.63, 3.8) is 0 Å². The molecule has 0 spiro atoms. The number of aromatic nitrogens is 2. The number of methoxy groups -OCH3 is 1. The van der Waals surface area contributed by atoms with Crippen LogP contribution in [0.25, 0.3) is 0 Å². The summed E-state index contributed by atoms with van der Waals surface area (Å²) >= 11 is 3.34. The Balaban J connectivity index is 1.65. The van der Waals surface area contributed by atoms with Gasteiger partial charge in [0.1, 0.15) is 0 Å². The van der Waals surface area contributed by atoms with E-state index in [2.05, 4.69) is 55.5 Å². The lowest BCUT2D eigenvalue weighted by molar-refractivity contribution is 0.394. The Hall–Kier alpha value is -1.62. The smallest absolute Gasteiger partial charge is 0.232 e. The molecule has 0 saturated heterocycles. The number of hydrogen-bond acceptors (Lipinski definition) is 4. The molecule has 1 unspecified atom stereocenters. The molecule has 4 nitrogen and oxygen atoms in total. The molecule has 2 aromatic rings. The van der Waals surface area contributed by atoms with E-state index in [1.165, 1.54) is 11.1 Å². The summed E-state index contributed by atoms with van der Waals surface area (Å²) in [5.74, 6) is 1.70. The maximum absolute atomic E-state index is 5.15. The highest BCUT2D eigenvalue weighted by Gasteiger charge is 2.25. The number of halogens is 1. The van der Waals surface area contributed by atoms with Gasteiger partial charge in [-0.25, -0.2) is 4.98 Å². The molecule has 0 amide bonds. The summed E-state index contributed by atoms with van der Waals surface area (Å²) in [7, 11) is 1.60. The molecule has 1 aliphatic carbocycles. The Morgan fingerprint density at radius 2 is 2.26 bits per heavy atom. The van der Waals surface area contributed by atoms with Crippen LogP contribution in [0.5, 0.6) is 5.88 Å². The van der Waals surface area contributed by atoms with Crippen molar-refractivity contribution in [2.45, 2.75) is 12.3 Å². The monoisotopic (exact) mass is 319 g/mol. The minimum Gasteiger partial charge on any atom is -0.480 e. The van der Waals surface area contributed by atoms with Crippen molar-refractivity contribution in [3.8, 4) is 5.88 Å². The Bertz CT molecular complexity index is 603. The Morgan fingerprint density at radius 3 is 3.05 bits per heavy atom. The van der Waals surface area contributed by atoms with Gasteiger partial charge >= 0.3 is 0 Å². The molecule has 0 radical (unpaired) electrons. The maximum Gasteiger partial charge on any atom is 0.232 e. The molecular weight excluding hydrogens is 306 g/mol. The van der Waals surface area contributed by atoms with E-state index >= 15 is 0 Å². The van der Waals surface area contributed by atoms with Crippen molar-refractivity contribution in [3.05, 3.63) is 46.1 Å². The lowest BCUT2D eigenvalue weighted by Crippen LogP contribution is -2.24. The molecule has 1 N–H and O–H groups in total. The van der Waals surface area contributed by atoms with Gasteiger partial charge < -0.3 is 10.1 Å². The highest BCUT2D eigenvalue weighted by molar-refractivity contribution is 9.10.